The van der Waals surface area contributed by atoms with Crippen LogP contribution in [0.4, 0.5) is 4.79 Å². The summed E-state index contributed by atoms with van der Waals surface area (Å²) in [6, 6.07) is 14.0. The van der Waals surface area contributed by atoms with Crippen molar-refractivity contribution in [2.45, 2.75) is 12.8 Å². The molecule has 0 saturated carbocycles. The molecule has 3 aromatic rings. The number of rotatable bonds is 5. The second-order valence-corrected chi connectivity index (χ2v) is 6.88. The van der Waals surface area contributed by atoms with Crippen molar-refractivity contribution >= 4 is 12.0 Å². The molecule has 0 aliphatic carbocycles. The van der Waals surface area contributed by atoms with Gasteiger partial charge in [0.15, 0.2) is 11.5 Å². The Morgan fingerprint density at radius 1 is 1.10 bits per heavy atom. The molecule has 8 nitrogen and oxygen atoms in total. The fourth-order valence-corrected chi connectivity index (χ4v) is 3.22. The summed E-state index contributed by atoms with van der Waals surface area (Å²) in [4.78, 5) is 26.2. The Morgan fingerprint density at radius 3 is 2.62 bits per heavy atom. The van der Waals surface area contributed by atoms with E-state index in [1.165, 1.54) is 6.26 Å². The highest BCUT2D eigenvalue weighted by Crippen LogP contribution is 2.21. The lowest BCUT2D eigenvalue weighted by atomic mass is 9.97. The maximum atomic E-state index is 12.3. The molecule has 29 heavy (non-hydrogen) atoms. The molecular weight excluding hydrogens is 374 g/mol. The van der Waals surface area contributed by atoms with Crippen LogP contribution in [0.3, 0.4) is 0 Å². The Morgan fingerprint density at radius 2 is 1.90 bits per heavy atom. The van der Waals surface area contributed by atoms with Crippen LogP contribution >= 0.6 is 0 Å². The lowest BCUT2D eigenvalue weighted by Gasteiger charge is -2.31. The summed E-state index contributed by atoms with van der Waals surface area (Å²) >= 11 is 0. The minimum Gasteiger partial charge on any atom is -0.461 e. The van der Waals surface area contributed by atoms with Gasteiger partial charge >= 0.3 is 6.09 Å². The molecule has 1 N–H and O–H groups in total. The number of para-hydroxylation sites is 1. The van der Waals surface area contributed by atoms with Crippen molar-refractivity contribution in [2.75, 3.05) is 19.6 Å². The van der Waals surface area contributed by atoms with Gasteiger partial charge in [-0.25, -0.2) is 4.79 Å². The largest absolute Gasteiger partial charge is 0.461 e. The number of carbonyl (C=O) groups excluding carboxylic acids is 2. The number of benzene rings is 1. The first-order chi connectivity index (χ1) is 14.2. The summed E-state index contributed by atoms with van der Waals surface area (Å²) in [5.41, 5.74) is 0.209. The predicted octanol–water partition coefficient (Wildman–Crippen LogP) is 3.58. The number of likely N-dealkylation sites (tertiary alicyclic amines) is 1. The van der Waals surface area contributed by atoms with Crippen molar-refractivity contribution in [3.63, 3.8) is 0 Å². The summed E-state index contributed by atoms with van der Waals surface area (Å²) in [6.07, 6.45) is 2.77. The first-order valence-corrected chi connectivity index (χ1v) is 9.49. The predicted molar refractivity (Wildman–Crippen MR) is 103 cm³/mol. The van der Waals surface area contributed by atoms with Gasteiger partial charge in [0, 0.05) is 25.7 Å². The highest BCUT2D eigenvalue weighted by Gasteiger charge is 2.25. The Kier molecular flexibility index (Phi) is 5.60. The Bertz CT molecular complexity index is 944. The highest BCUT2D eigenvalue weighted by atomic mass is 16.6. The number of ether oxygens (including phenoxy) is 1. The minimum absolute atomic E-state index is 0.209. The SMILES string of the molecule is O=C(NCC1CCN(C(=O)Oc2ccccc2)CC1)c1cc(-c2ccco2)on1. The molecule has 1 fully saturated rings. The smallest absolute Gasteiger partial charge is 0.415 e. The van der Waals surface area contributed by atoms with E-state index in [0.29, 0.717) is 36.9 Å². The molecule has 0 bridgehead atoms. The number of piperidine rings is 1. The topological polar surface area (TPSA) is 97.8 Å². The van der Waals surface area contributed by atoms with Gasteiger partial charge in [-0.05, 0) is 43.0 Å². The van der Waals surface area contributed by atoms with Gasteiger partial charge in [0.25, 0.3) is 5.91 Å². The van der Waals surface area contributed by atoms with Gasteiger partial charge in [-0.3, -0.25) is 4.79 Å². The second kappa shape index (κ2) is 8.64. The molecule has 3 heterocycles. The molecular formula is C21H21N3O5. The molecule has 1 aromatic carbocycles. The zero-order chi connectivity index (χ0) is 20.1. The van der Waals surface area contributed by atoms with E-state index < -0.39 is 0 Å². The van der Waals surface area contributed by atoms with Crippen LogP contribution in [0.2, 0.25) is 0 Å². The van der Waals surface area contributed by atoms with E-state index in [4.69, 9.17) is 13.7 Å². The Balaban J connectivity index is 1.22. The number of nitrogens with zero attached hydrogens (tertiary/aromatic N) is 2. The van der Waals surface area contributed by atoms with E-state index in [1.54, 1.807) is 35.2 Å². The van der Waals surface area contributed by atoms with Crippen LogP contribution in [0.15, 0.2) is 63.7 Å². The van der Waals surface area contributed by atoms with Crippen LogP contribution in [0.1, 0.15) is 23.3 Å². The summed E-state index contributed by atoms with van der Waals surface area (Å²) in [5, 5.41) is 6.68. The highest BCUT2D eigenvalue weighted by molar-refractivity contribution is 5.92. The quantitative estimate of drug-likeness (QED) is 0.709. The molecule has 0 unspecified atom stereocenters. The number of carbonyl (C=O) groups is 2. The second-order valence-electron chi connectivity index (χ2n) is 6.88. The molecule has 0 atom stereocenters. The minimum atomic E-state index is -0.341. The number of nitrogens with one attached hydrogen (secondary N) is 1. The summed E-state index contributed by atoms with van der Waals surface area (Å²) in [5.74, 6) is 1.46. The number of furan rings is 1. The molecule has 1 aliphatic rings. The van der Waals surface area contributed by atoms with E-state index in [-0.39, 0.29) is 23.6 Å². The maximum Gasteiger partial charge on any atom is 0.415 e. The Hall–Kier alpha value is -3.55. The molecule has 8 heteroatoms. The zero-order valence-electron chi connectivity index (χ0n) is 15.7. The van der Waals surface area contributed by atoms with E-state index in [0.717, 1.165) is 12.8 Å². The fraction of sp³-hybridized carbons (Fsp3) is 0.286. The maximum absolute atomic E-state index is 12.3. The number of amides is 2. The third-order valence-corrected chi connectivity index (χ3v) is 4.88. The van der Waals surface area contributed by atoms with Gasteiger partial charge in [0.1, 0.15) is 5.75 Å². The van der Waals surface area contributed by atoms with Crippen LogP contribution in [0.25, 0.3) is 11.5 Å². The van der Waals surface area contributed by atoms with Gasteiger partial charge in [-0.15, -0.1) is 0 Å². The molecule has 1 aliphatic heterocycles. The van der Waals surface area contributed by atoms with E-state index in [9.17, 15) is 9.59 Å². The van der Waals surface area contributed by atoms with Crippen LogP contribution in [0, 0.1) is 5.92 Å². The third-order valence-electron chi connectivity index (χ3n) is 4.88. The normalized spacial score (nSPS) is 14.6. The first kappa shape index (κ1) is 18.8. The van der Waals surface area contributed by atoms with Crippen LogP contribution in [-0.2, 0) is 0 Å². The number of hydrogen-bond acceptors (Lipinski definition) is 6. The van der Waals surface area contributed by atoms with Crippen molar-refractivity contribution < 1.29 is 23.3 Å². The molecule has 0 radical (unpaired) electrons. The first-order valence-electron chi connectivity index (χ1n) is 9.49. The monoisotopic (exact) mass is 395 g/mol. The van der Waals surface area contributed by atoms with Crippen LogP contribution in [-0.4, -0.2) is 41.7 Å². The van der Waals surface area contributed by atoms with Crippen molar-refractivity contribution in [2.24, 2.45) is 5.92 Å². The molecule has 1 saturated heterocycles. The summed E-state index contributed by atoms with van der Waals surface area (Å²) in [6.45, 7) is 1.71. The number of aromatic nitrogens is 1. The van der Waals surface area contributed by atoms with Gasteiger partial charge in [0.2, 0.25) is 5.76 Å². The zero-order valence-corrected chi connectivity index (χ0v) is 15.7. The molecule has 0 spiro atoms. The molecule has 4 rings (SSSR count). The van der Waals surface area contributed by atoms with Gasteiger partial charge in [0.05, 0.1) is 6.26 Å². The molecule has 2 amide bonds. The van der Waals surface area contributed by atoms with Crippen molar-refractivity contribution in [1.29, 1.82) is 0 Å². The fourth-order valence-electron chi connectivity index (χ4n) is 3.22. The van der Waals surface area contributed by atoms with Gasteiger partial charge in [-0.2, -0.15) is 0 Å². The third kappa shape index (κ3) is 4.66. The summed E-state index contributed by atoms with van der Waals surface area (Å²) < 4.78 is 15.7. The van der Waals surface area contributed by atoms with Gasteiger partial charge < -0.3 is 23.9 Å². The number of hydrogen-bond donors (Lipinski definition) is 1. The van der Waals surface area contributed by atoms with Gasteiger partial charge in [-0.1, -0.05) is 23.4 Å². The summed E-state index contributed by atoms with van der Waals surface area (Å²) in [7, 11) is 0. The lowest BCUT2D eigenvalue weighted by molar-refractivity contribution is 0.0922. The lowest BCUT2D eigenvalue weighted by Crippen LogP contribution is -2.42. The molecule has 150 valence electrons. The standard InChI is InChI=1S/C21H21N3O5/c25-20(17-13-19(29-23-17)18-7-4-12-27-18)22-14-15-8-10-24(11-9-15)21(26)28-16-5-2-1-3-6-16/h1-7,12-13,15H,8-11,14H2,(H,22,25). The van der Waals surface area contributed by atoms with Crippen molar-refractivity contribution in [3.8, 4) is 17.3 Å². The van der Waals surface area contributed by atoms with E-state index in [2.05, 4.69) is 10.5 Å². The van der Waals surface area contributed by atoms with Crippen LogP contribution in [0.5, 0.6) is 5.75 Å². The van der Waals surface area contributed by atoms with Crippen LogP contribution < -0.4 is 10.1 Å². The van der Waals surface area contributed by atoms with E-state index in [1.807, 2.05) is 18.2 Å². The molecule has 2 aromatic heterocycles. The van der Waals surface area contributed by atoms with E-state index >= 15 is 0 Å². The Labute approximate surface area is 167 Å². The average Bonchev–Trinajstić information content (AvgIpc) is 3.45. The van der Waals surface area contributed by atoms with Crippen molar-refractivity contribution in [3.05, 3.63) is 60.5 Å². The van der Waals surface area contributed by atoms with Crippen molar-refractivity contribution in [1.82, 2.24) is 15.4 Å². The average molecular weight is 395 g/mol.